The van der Waals surface area contributed by atoms with Crippen molar-refractivity contribution in [3.05, 3.63) is 20.8 Å². The Morgan fingerprint density at radius 1 is 1.67 bits per heavy atom. The molecule has 3 nitrogen and oxygen atoms in total. The molecular formula is C10H13BrN2OS. The van der Waals surface area contributed by atoms with E-state index >= 15 is 0 Å². The van der Waals surface area contributed by atoms with Crippen LogP contribution in [-0.4, -0.2) is 37.0 Å². The minimum atomic E-state index is 0.0472. The third-order valence-corrected chi connectivity index (χ3v) is 4.15. The van der Waals surface area contributed by atoms with E-state index in [-0.39, 0.29) is 5.91 Å². The zero-order valence-electron chi connectivity index (χ0n) is 8.50. The van der Waals surface area contributed by atoms with Crippen LogP contribution in [0.3, 0.4) is 0 Å². The Hall–Kier alpha value is -0.390. The van der Waals surface area contributed by atoms with E-state index in [2.05, 4.69) is 33.2 Å². The second-order valence-corrected chi connectivity index (χ2v) is 6.29. The molecule has 0 aromatic carbocycles. The predicted octanol–water partition coefficient (Wildman–Crippen LogP) is 1.94. The van der Waals surface area contributed by atoms with E-state index in [9.17, 15) is 4.79 Å². The maximum absolute atomic E-state index is 11.8. The van der Waals surface area contributed by atoms with E-state index in [1.807, 2.05) is 12.1 Å². The van der Waals surface area contributed by atoms with Gasteiger partial charge in [0.25, 0.3) is 5.91 Å². The molecule has 1 unspecified atom stereocenters. The molecule has 1 atom stereocenters. The zero-order chi connectivity index (χ0) is 10.8. The van der Waals surface area contributed by atoms with E-state index in [0.717, 1.165) is 28.2 Å². The van der Waals surface area contributed by atoms with Crippen molar-refractivity contribution in [3.63, 3.8) is 0 Å². The average Bonchev–Trinajstić information content (AvgIpc) is 2.75. The molecular weight excluding hydrogens is 276 g/mol. The molecule has 1 fully saturated rings. The highest BCUT2D eigenvalue weighted by Gasteiger charge is 2.21. The molecule has 82 valence electrons. The molecule has 1 aliphatic rings. The Morgan fingerprint density at radius 2 is 2.47 bits per heavy atom. The summed E-state index contributed by atoms with van der Waals surface area (Å²) in [5.41, 5.74) is 0. The maximum atomic E-state index is 11.8. The fourth-order valence-corrected chi connectivity index (χ4v) is 3.03. The van der Waals surface area contributed by atoms with Crippen molar-refractivity contribution < 1.29 is 4.79 Å². The first-order valence-electron chi connectivity index (χ1n) is 4.90. The van der Waals surface area contributed by atoms with Crippen LogP contribution in [0.2, 0.25) is 0 Å². The van der Waals surface area contributed by atoms with Gasteiger partial charge in [-0.15, -0.1) is 11.3 Å². The minimum absolute atomic E-state index is 0.0472. The number of nitrogens with zero attached hydrogens (tertiary/aromatic N) is 1. The molecule has 0 bridgehead atoms. The summed E-state index contributed by atoms with van der Waals surface area (Å²) < 4.78 is 0.996. The number of carbonyl (C=O) groups is 1. The summed E-state index contributed by atoms with van der Waals surface area (Å²) in [6.07, 6.45) is 1.05. The van der Waals surface area contributed by atoms with Gasteiger partial charge < -0.3 is 10.2 Å². The highest BCUT2D eigenvalue weighted by molar-refractivity contribution is 9.11. The summed E-state index contributed by atoms with van der Waals surface area (Å²) >= 11 is 4.82. The Kier molecular flexibility index (Phi) is 3.43. The average molecular weight is 289 g/mol. The molecule has 1 saturated heterocycles. The molecule has 5 heteroatoms. The summed E-state index contributed by atoms with van der Waals surface area (Å²) in [6.45, 7) is 2.03. The number of rotatable bonds is 2. The Labute approximate surface area is 102 Å². The number of carbonyl (C=O) groups excluding carboxylic acids is 1. The van der Waals surface area contributed by atoms with Gasteiger partial charge in [-0.05, 0) is 48.1 Å². The van der Waals surface area contributed by atoms with E-state index in [0.29, 0.717) is 6.04 Å². The van der Waals surface area contributed by atoms with Crippen LogP contribution in [0.4, 0.5) is 0 Å². The Bertz CT molecular complexity index is 366. The highest BCUT2D eigenvalue weighted by atomic mass is 79.9. The third-order valence-electron chi connectivity index (χ3n) is 2.52. The van der Waals surface area contributed by atoms with Crippen molar-refractivity contribution in [3.8, 4) is 0 Å². The quantitative estimate of drug-likeness (QED) is 0.902. The first kappa shape index (κ1) is 11.1. The topological polar surface area (TPSA) is 32.3 Å². The predicted molar refractivity (Wildman–Crippen MR) is 65.4 cm³/mol. The summed E-state index contributed by atoms with van der Waals surface area (Å²) in [7, 11) is 2.08. The Balaban J connectivity index is 1.92. The number of likely N-dealkylation sites (tertiary alicyclic amines) is 1. The monoisotopic (exact) mass is 288 g/mol. The van der Waals surface area contributed by atoms with Gasteiger partial charge in [-0.3, -0.25) is 4.79 Å². The van der Waals surface area contributed by atoms with Crippen LogP contribution in [0.15, 0.2) is 15.9 Å². The van der Waals surface area contributed by atoms with Gasteiger partial charge in [-0.1, -0.05) is 0 Å². The minimum Gasteiger partial charge on any atom is -0.347 e. The molecule has 0 saturated carbocycles. The Morgan fingerprint density at radius 3 is 3.00 bits per heavy atom. The van der Waals surface area contributed by atoms with Gasteiger partial charge >= 0.3 is 0 Å². The number of amides is 1. The van der Waals surface area contributed by atoms with Gasteiger partial charge in [0, 0.05) is 12.6 Å². The second-order valence-electron chi connectivity index (χ2n) is 3.83. The van der Waals surface area contributed by atoms with Crippen molar-refractivity contribution in [1.82, 2.24) is 10.2 Å². The van der Waals surface area contributed by atoms with Gasteiger partial charge in [0.1, 0.15) is 0 Å². The summed E-state index contributed by atoms with van der Waals surface area (Å²) in [5, 5.41) is 3.05. The number of halogens is 1. The molecule has 1 aromatic rings. The molecule has 1 amide bonds. The fourth-order valence-electron chi connectivity index (χ4n) is 1.75. The van der Waals surface area contributed by atoms with Crippen molar-refractivity contribution in [2.75, 3.05) is 20.1 Å². The molecule has 0 spiro atoms. The molecule has 0 aliphatic carbocycles. The third kappa shape index (κ3) is 2.80. The molecule has 1 N–H and O–H groups in total. The van der Waals surface area contributed by atoms with Gasteiger partial charge in [0.15, 0.2) is 0 Å². The van der Waals surface area contributed by atoms with Crippen molar-refractivity contribution in [1.29, 1.82) is 0 Å². The van der Waals surface area contributed by atoms with Crippen LogP contribution in [-0.2, 0) is 0 Å². The summed E-state index contributed by atoms with van der Waals surface area (Å²) in [4.78, 5) is 14.8. The number of likely N-dealkylation sites (N-methyl/N-ethyl adjacent to an activating group) is 1. The maximum Gasteiger partial charge on any atom is 0.261 e. The van der Waals surface area contributed by atoms with Gasteiger partial charge in [0.2, 0.25) is 0 Å². The van der Waals surface area contributed by atoms with E-state index < -0.39 is 0 Å². The lowest BCUT2D eigenvalue weighted by Crippen LogP contribution is -2.36. The van der Waals surface area contributed by atoms with E-state index in [1.165, 1.54) is 11.3 Å². The molecule has 15 heavy (non-hydrogen) atoms. The molecule has 0 radical (unpaired) electrons. The summed E-state index contributed by atoms with van der Waals surface area (Å²) in [6, 6.07) is 4.06. The van der Waals surface area contributed by atoms with E-state index in [1.54, 1.807) is 0 Å². The normalized spacial score (nSPS) is 21.9. The highest BCUT2D eigenvalue weighted by Crippen LogP contribution is 2.22. The van der Waals surface area contributed by atoms with Gasteiger partial charge in [-0.2, -0.15) is 0 Å². The SMILES string of the molecule is CN1CCC(NC(=O)c2ccc(Br)s2)C1. The largest absolute Gasteiger partial charge is 0.347 e. The molecule has 2 rings (SSSR count). The number of hydrogen-bond donors (Lipinski definition) is 1. The van der Waals surface area contributed by atoms with Gasteiger partial charge in [0.05, 0.1) is 8.66 Å². The second kappa shape index (κ2) is 4.63. The summed E-state index contributed by atoms with van der Waals surface area (Å²) in [5.74, 6) is 0.0472. The van der Waals surface area contributed by atoms with Crippen LogP contribution in [0.25, 0.3) is 0 Å². The lowest BCUT2D eigenvalue weighted by atomic mass is 10.2. The smallest absolute Gasteiger partial charge is 0.261 e. The van der Waals surface area contributed by atoms with Gasteiger partial charge in [-0.25, -0.2) is 0 Å². The number of nitrogens with one attached hydrogen (secondary N) is 1. The van der Waals surface area contributed by atoms with Crippen molar-refractivity contribution in [2.45, 2.75) is 12.5 Å². The fraction of sp³-hybridized carbons (Fsp3) is 0.500. The van der Waals surface area contributed by atoms with Crippen LogP contribution >= 0.6 is 27.3 Å². The number of hydrogen-bond acceptors (Lipinski definition) is 3. The van der Waals surface area contributed by atoms with Crippen molar-refractivity contribution >= 4 is 33.2 Å². The van der Waals surface area contributed by atoms with Crippen LogP contribution in [0, 0.1) is 0 Å². The van der Waals surface area contributed by atoms with Crippen LogP contribution < -0.4 is 5.32 Å². The first-order chi connectivity index (χ1) is 7.15. The first-order valence-corrected chi connectivity index (χ1v) is 6.51. The van der Waals surface area contributed by atoms with E-state index in [4.69, 9.17) is 0 Å². The zero-order valence-corrected chi connectivity index (χ0v) is 10.9. The van der Waals surface area contributed by atoms with Crippen LogP contribution in [0.1, 0.15) is 16.1 Å². The molecule has 2 heterocycles. The van der Waals surface area contributed by atoms with Crippen LogP contribution in [0.5, 0.6) is 0 Å². The lowest BCUT2D eigenvalue weighted by molar-refractivity contribution is 0.0942. The number of thiophene rings is 1. The van der Waals surface area contributed by atoms with Crippen molar-refractivity contribution in [2.24, 2.45) is 0 Å². The molecule has 1 aliphatic heterocycles. The molecule has 1 aromatic heterocycles. The standard InChI is InChI=1S/C10H13BrN2OS/c1-13-5-4-7(6-13)12-10(14)8-2-3-9(11)15-8/h2-3,7H,4-6H2,1H3,(H,12,14). The lowest BCUT2D eigenvalue weighted by Gasteiger charge is -2.11.